The summed E-state index contributed by atoms with van der Waals surface area (Å²) in [5, 5.41) is 14.0. The van der Waals surface area contributed by atoms with Gasteiger partial charge in [0.15, 0.2) is 0 Å². The third-order valence-electron chi connectivity index (χ3n) is 3.48. The Morgan fingerprint density at radius 3 is 2.44 bits per heavy atom. The summed E-state index contributed by atoms with van der Waals surface area (Å²) in [5.41, 5.74) is 1.11. The number of piperidine rings is 1. The molecule has 5 heteroatoms. The van der Waals surface area contributed by atoms with Crippen molar-refractivity contribution in [1.29, 1.82) is 0 Å². The van der Waals surface area contributed by atoms with Gasteiger partial charge in [-0.25, -0.2) is 0 Å². The minimum Gasteiger partial charge on any atom is -0.382 e. The van der Waals surface area contributed by atoms with Crippen molar-refractivity contribution in [2.45, 2.75) is 25.8 Å². The first-order chi connectivity index (χ1) is 8.69. The fourth-order valence-corrected chi connectivity index (χ4v) is 2.31. The fourth-order valence-electron chi connectivity index (χ4n) is 2.31. The summed E-state index contributed by atoms with van der Waals surface area (Å²) in [6.45, 7) is 5.55. The molecule has 0 bridgehead atoms. The molecule has 1 aromatic carbocycles. The normalized spacial score (nSPS) is 17.6. The van der Waals surface area contributed by atoms with Crippen molar-refractivity contribution < 1.29 is 4.92 Å². The number of likely N-dealkylation sites (tertiary alicyclic amines) is 1. The molecular weight excluding hydrogens is 230 g/mol. The molecule has 1 heterocycles. The van der Waals surface area contributed by atoms with E-state index in [1.54, 1.807) is 24.3 Å². The molecule has 0 amide bonds. The number of nitro groups is 1. The number of anilines is 1. The Balaban J connectivity index is 1.88. The molecule has 1 aliphatic heterocycles. The van der Waals surface area contributed by atoms with Gasteiger partial charge < -0.3 is 10.2 Å². The van der Waals surface area contributed by atoms with Crippen LogP contribution in [0.25, 0.3) is 0 Å². The molecule has 5 nitrogen and oxygen atoms in total. The number of benzene rings is 1. The van der Waals surface area contributed by atoms with Gasteiger partial charge in [-0.05, 0) is 31.5 Å². The number of non-ortho nitro benzene ring substituents is 1. The first kappa shape index (κ1) is 12.8. The van der Waals surface area contributed by atoms with E-state index < -0.39 is 0 Å². The second-order valence-corrected chi connectivity index (χ2v) is 4.66. The van der Waals surface area contributed by atoms with Crippen molar-refractivity contribution in [1.82, 2.24) is 4.90 Å². The van der Waals surface area contributed by atoms with Gasteiger partial charge in [0.05, 0.1) is 4.92 Å². The molecule has 1 N–H and O–H groups in total. The highest BCUT2D eigenvalue weighted by atomic mass is 16.6. The average molecular weight is 249 g/mol. The second-order valence-electron chi connectivity index (χ2n) is 4.66. The summed E-state index contributed by atoms with van der Waals surface area (Å²) in [4.78, 5) is 12.6. The maximum absolute atomic E-state index is 10.6. The first-order valence-corrected chi connectivity index (χ1v) is 6.42. The Morgan fingerprint density at radius 1 is 1.33 bits per heavy atom. The lowest BCUT2D eigenvalue weighted by molar-refractivity contribution is -0.384. The molecule has 1 aromatic rings. The Labute approximate surface area is 107 Å². The number of hydrogen-bond donors (Lipinski definition) is 1. The van der Waals surface area contributed by atoms with Crippen LogP contribution in [0.4, 0.5) is 11.4 Å². The molecule has 0 unspecified atom stereocenters. The predicted octanol–water partition coefficient (Wildman–Crippen LogP) is 2.49. The van der Waals surface area contributed by atoms with Gasteiger partial charge in [-0.15, -0.1) is 0 Å². The van der Waals surface area contributed by atoms with Gasteiger partial charge >= 0.3 is 0 Å². The van der Waals surface area contributed by atoms with E-state index in [-0.39, 0.29) is 10.6 Å². The van der Waals surface area contributed by atoms with Crippen LogP contribution in [0.2, 0.25) is 0 Å². The Kier molecular flexibility index (Phi) is 4.15. The van der Waals surface area contributed by atoms with Gasteiger partial charge in [0.1, 0.15) is 0 Å². The van der Waals surface area contributed by atoms with Crippen LogP contribution in [0.1, 0.15) is 19.8 Å². The van der Waals surface area contributed by atoms with Crippen molar-refractivity contribution >= 4 is 11.4 Å². The maximum Gasteiger partial charge on any atom is 0.269 e. The van der Waals surface area contributed by atoms with E-state index in [2.05, 4.69) is 17.1 Å². The van der Waals surface area contributed by atoms with Crippen LogP contribution in [0.5, 0.6) is 0 Å². The predicted molar refractivity (Wildman–Crippen MR) is 71.9 cm³/mol. The zero-order chi connectivity index (χ0) is 13.0. The topological polar surface area (TPSA) is 58.4 Å². The van der Waals surface area contributed by atoms with Crippen LogP contribution in [0, 0.1) is 10.1 Å². The third kappa shape index (κ3) is 3.20. The monoisotopic (exact) mass is 249 g/mol. The lowest BCUT2D eigenvalue weighted by atomic mass is 10.0. The highest BCUT2D eigenvalue weighted by molar-refractivity contribution is 5.49. The molecule has 0 aliphatic carbocycles. The van der Waals surface area contributed by atoms with Crippen molar-refractivity contribution in [2.75, 3.05) is 25.0 Å². The van der Waals surface area contributed by atoms with E-state index in [0.717, 1.165) is 38.2 Å². The Bertz CT molecular complexity index is 397. The lowest BCUT2D eigenvalue weighted by Crippen LogP contribution is -2.38. The van der Waals surface area contributed by atoms with Crippen LogP contribution in [0.3, 0.4) is 0 Å². The highest BCUT2D eigenvalue weighted by Crippen LogP contribution is 2.19. The number of nitrogens with zero attached hydrogens (tertiary/aromatic N) is 2. The summed E-state index contributed by atoms with van der Waals surface area (Å²) >= 11 is 0. The van der Waals surface area contributed by atoms with Crippen LogP contribution in [-0.2, 0) is 0 Å². The molecule has 18 heavy (non-hydrogen) atoms. The van der Waals surface area contributed by atoms with E-state index in [0.29, 0.717) is 6.04 Å². The van der Waals surface area contributed by atoms with Gasteiger partial charge in [-0.3, -0.25) is 10.1 Å². The van der Waals surface area contributed by atoms with Crippen molar-refractivity contribution in [2.24, 2.45) is 0 Å². The first-order valence-electron chi connectivity index (χ1n) is 6.42. The largest absolute Gasteiger partial charge is 0.382 e. The molecule has 0 spiro atoms. The molecular formula is C13H19N3O2. The lowest BCUT2D eigenvalue weighted by Gasteiger charge is -2.31. The summed E-state index contributed by atoms with van der Waals surface area (Å²) in [7, 11) is 0. The molecule has 0 saturated carbocycles. The highest BCUT2D eigenvalue weighted by Gasteiger charge is 2.17. The second kappa shape index (κ2) is 5.82. The molecule has 2 rings (SSSR count). The van der Waals surface area contributed by atoms with Crippen LogP contribution >= 0.6 is 0 Å². The maximum atomic E-state index is 10.6. The molecule has 1 fully saturated rings. The number of rotatable bonds is 4. The standard InChI is InChI=1S/C13H19N3O2/c1-2-15-9-7-12(8-10-15)14-11-3-5-13(6-4-11)16(17)18/h3-6,12,14H,2,7-10H2,1H3. The van der Waals surface area contributed by atoms with E-state index >= 15 is 0 Å². The van der Waals surface area contributed by atoms with E-state index in [9.17, 15) is 10.1 Å². The fraction of sp³-hybridized carbons (Fsp3) is 0.538. The summed E-state index contributed by atoms with van der Waals surface area (Å²) in [6.07, 6.45) is 2.26. The van der Waals surface area contributed by atoms with Gasteiger partial charge in [-0.1, -0.05) is 6.92 Å². The van der Waals surface area contributed by atoms with Crippen molar-refractivity contribution in [3.63, 3.8) is 0 Å². The Hall–Kier alpha value is -1.62. The van der Waals surface area contributed by atoms with E-state index in [4.69, 9.17) is 0 Å². The quantitative estimate of drug-likeness (QED) is 0.658. The molecule has 0 atom stereocenters. The van der Waals surface area contributed by atoms with E-state index in [1.807, 2.05) is 0 Å². The summed E-state index contributed by atoms with van der Waals surface area (Å²) in [6, 6.07) is 7.14. The molecule has 1 saturated heterocycles. The van der Waals surface area contributed by atoms with Gasteiger partial charge in [0.2, 0.25) is 0 Å². The van der Waals surface area contributed by atoms with Crippen LogP contribution < -0.4 is 5.32 Å². The summed E-state index contributed by atoms with van der Waals surface area (Å²) in [5.74, 6) is 0. The van der Waals surface area contributed by atoms with Gasteiger partial charge in [0, 0.05) is 37.0 Å². The van der Waals surface area contributed by atoms with E-state index in [1.165, 1.54) is 0 Å². The molecule has 1 aliphatic rings. The molecule has 0 radical (unpaired) electrons. The Morgan fingerprint density at radius 2 is 1.94 bits per heavy atom. The zero-order valence-electron chi connectivity index (χ0n) is 10.6. The third-order valence-corrected chi connectivity index (χ3v) is 3.48. The summed E-state index contributed by atoms with van der Waals surface area (Å²) < 4.78 is 0. The van der Waals surface area contributed by atoms with Gasteiger partial charge in [-0.2, -0.15) is 0 Å². The number of nitro benzene ring substituents is 1. The average Bonchev–Trinajstić information content (AvgIpc) is 2.40. The molecule has 98 valence electrons. The smallest absolute Gasteiger partial charge is 0.269 e. The zero-order valence-corrected chi connectivity index (χ0v) is 10.6. The number of hydrogen-bond acceptors (Lipinski definition) is 4. The van der Waals surface area contributed by atoms with Crippen LogP contribution in [-0.4, -0.2) is 35.5 Å². The number of nitrogens with one attached hydrogen (secondary N) is 1. The van der Waals surface area contributed by atoms with Crippen molar-refractivity contribution in [3.05, 3.63) is 34.4 Å². The van der Waals surface area contributed by atoms with Gasteiger partial charge in [0.25, 0.3) is 5.69 Å². The van der Waals surface area contributed by atoms with Crippen LogP contribution in [0.15, 0.2) is 24.3 Å². The van der Waals surface area contributed by atoms with Crippen molar-refractivity contribution in [3.8, 4) is 0 Å². The molecule has 0 aromatic heterocycles. The minimum atomic E-state index is -0.372. The minimum absolute atomic E-state index is 0.140. The SMILES string of the molecule is CCN1CCC(Nc2ccc([N+](=O)[O-])cc2)CC1.